The van der Waals surface area contributed by atoms with E-state index in [2.05, 4.69) is 10.2 Å². The molecule has 4 rings (SSSR count). The van der Waals surface area contributed by atoms with Gasteiger partial charge in [0, 0.05) is 31.8 Å². The average molecular weight is 494 g/mol. The van der Waals surface area contributed by atoms with Gasteiger partial charge in [0.1, 0.15) is 6.04 Å². The van der Waals surface area contributed by atoms with E-state index >= 15 is 0 Å². The largest absolute Gasteiger partial charge is 0.492 e. The molecule has 2 aliphatic heterocycles. The summed E-state index contributed by atoms with van der Waals surface area (Å²) in [6.07, 6.45) is 4.44. The van der Waals surface area contributed by atoms with Crippen molar-refractivity contribution in [3.8, 4) is 0 Å². The maximum atomic E-state index is 12.8. The fourth-order valence-corrected chi connectivity index (χ4v) is 4.93. The number of nitrogens with zero attached hydrogens (tertiary/aromatic N) is 2. The molecule has 0 spiro atoms. The molecule has 1 saturated heterocycles. The minimum absolute atomic E-state index is 0.0526. The second-order valence-electron chi connectivity index (χ2n) is 9.50. The zero-order chi connectivity index (χ0) is 25.0. The van der Waals surface area contributed by atoms with Crippen molar-refractivity contribution in [2.75, 3.05) is 6.54 Å². The Kier molecular flexibility index (Phi) is 7.78. The SMILES string of the molecule is O=C(N[C@H](/C=C/C(=O)N1Cc2ccccc2C1)CC1CCCCC1)[C@@H]1CCN1OC(=O)C(F)(F)F. The number of hydrogen-bond donors (Lipinski definition) is 1. The molecule has 2 heterocycles. The second kappa shape index (κ2) is 10.8. The summed E-state index contributed by atoms with van der Waals surface area (Å²) in [5, 5.41) is 3.62. The van der Waals surface area contributed by atoms with E-state index in [-0.39, 0.29) is 18.9 Å². The maximum Gasteiger partial charge on any atom is 0.492 e. The standard InChI is InChI=1S/C25H30F3N3O4/c26-25(27,28)24(34)35-31-13-12-21(31)23(33)29-20(14-17-6-2-1-3-7-17)10-11-22(32)30-15-18-8-4-5-9-19(18)16-30/h4-5,8-11,17,20-21H,1-3,6-7,12-16H2,(H,29,33)/b11-10+/t20-,21+/m1/s1. The predicted molar refractivity (Wildman–Crippen MR) is 120 cm³/mol. The molecule has 2 amide bonds. The summed E-state index contributed by atoms with van der Waals surface area (Å²) in [7, 11) is 0. The smallest absolute Gasteiger partial charge is 0.360 e. The third kappa shape index (κ3) is 6.42. The van der Waals surface area contributed by atoms with Gasteiger partial charge in [-0.3, -0.25) is 9.59 Å². The van der Waals surface area contributed by atoms with Gasteiger partial charge in [-0.05, 0) is 29.9 Å². The molecule has 1 saturated carbocycles. The first kappa shape index (κ1) is 25.2. The van der Waals surface area contributed by atoms with Gasteiger partial charge in [-0.2, -0.15) is 13.2 Å². The van der Waals surface area contributed by atoms with E-state index in [9.17, 15) is 27.6 Å². The molecule has 1 aromatic rings. The van der Waals surface area contributed by atoms with Crippen molar-refractivity contribution >= 4 is 17.8 Å². The normalized spacial score (nSPS) is 21.9. The van der Waals surface area contributed by atoms with Crippen molar-refractivity contribution in [3.63, 3.8) is 0 Å². The number of hydrogen-bond acceptors (Lipinski definition) is 5. The zero-order valence-electron chi connectivity index (χ0n) is 19.4. The van der Waals surface area contributed by atoms with Crippen LogP contribution in [-0.4, -0.2) is 52.6 Å². The topological polar surface area (TPSA) is 79.0 Å². The van der Waals surface area contributed by atoms with E-state index < -0.39 is 30.1 Å². The van der Waals surface area contributed by atoms with Crippen LogP contribution in [0.3, 0.4) is 0 Å². The molecular formula is C25H30F3N3O4. The van der Waals surface area contributed by atoms with Gasteiger partial charge in [0.2, 0.25) is 11.8 Å². The van der Waals surface area contributed by atoms with Gasteiger partial charge < -0.3 is 15.1 Å². The average Bonchev–Trinajstić information content (AvgIpc) is 3.24. The highest BCUT2D eigenvalue weighted by atomic mass is 19.4. The van der Waals surface area contributed by atoms with E-state index in [1.807, 2.05) is 24.3 Å². The van der Waals surface area contributed by atoms with Crippen LogP contribution in [-0.2, 0) is 32.3 Å². The Balaban J connectivity index is 1.37. The van der Waals surface area contributed by atoms with Gasteiger partial charge in [-0.15, -0.1) is 5.06 Å². The molecule has 0 bridgehead atoms. The van der Waals surface area contributed by atoms with Gasteiger partial charge in [0.15, 0.2) is 0 Å². The summed E-state index contributed by atoms with van der Waals surface area (Å²) < 4.78 is 37.5. The quantitative estimate of drug-likeness (QED) is 0.587. The molecule has 3 aliphatic rings. The number of benzene rings is 1. The Morgan fingerprint density at radius 3 is 2.29 bits per heavy atom. The van der Waals surface area contributed by atoms with Crippen LogP contribution >= 0.6 is 0 Å². The third-order valence-electron chi connectivity index (χ3n) is 6.97. The van der Waals surface area contributed by atoms with E-state index in [0.717, 1.165) is 41.9 Å². The molecule has 35 heavy (non-hydrogen) atoms. The third-order valence-corrected chi connectivity index (χ3v) is 6.97. The number of halogens is 3. The number of hydroxylamine groups is 2. The molecule has 1 N–H and O–H groups in total. The molecule has 0 aromatic heterocycles. The summed E-state index contributed by atoms with van der Waals surface area (Å²) in [6, 6.07) is 6.44. The number of alkyl halides is 3. The number of nitrogens with one attached hydrogen (secondary N) is 1. The zero-order valence-corrected chi connectivity index (χ0v) is 19.4. The molecule has 2 fully saturated rings. The first-order chi connectivity index (χ1) is 16.7. The summed E-state index contributed by atoms with van der Waals surface area (Å²) in [5.74, 6) is -2.62. The lowest BCUT2D eigenvalue weighted by atomic mass is 9.84. The molecule has 0 unspecified atom stereocenters. The van der Waals surface area contributed by atoms with E-state index in [1.165, 1.54) is 12.5 Å². The first-order valence-corrected chi connectivity index (χ1v) is 12.1. The van der Waals surface area contributed by atoms with Crippen molar-refractivity contribution in [3.05, 3.63) is 47.5 Å². The van der Waals surface area contributed by atoms with Crippen LogP contribution in [0.15, 0.2) is 36.4 Å². The lowest BCUT2D eigenvalue weighted by Crippen LogP contribution is -2.58. The van der Waals surface area contributed by atoms with Crippen LogP contribution in [0.5, 0.6) is 0 Å². The van der Waals surface area contributed by atoms with Gasteiger partial charge in [0.25, 0.3) is 0 Å². The van der Waals surface area contributed by atoms with Gasteiger partial charge in [-0.1, -0.05) is 62.4 Å². The van der Waals surface area contributed by atoms with Crippen LogP contribution in [0.1, 0.15) is 56.1 Å². The number of carbonyl (C=O) groups is 3. The fourth-order valence-electron chi connectivity index (χ4n) is 4.93. The number of rotatable bonds is 7. The Bertz CT molecular complexity index is 950. The van der Waals surface area contributed by atoms with Crippen molar-refractivity contribution in [2.24, 2.45) is 5.92 Å². The number of carbonyl (C=O) groups excluding carboxylic acids is 3. The second-order valence-corrected chi connectivity index (χ2v) is 9.50. The Hall–Kier alpha value is -2.88. The van der Waals surface area contributed by atoms with Crippen LogP contribution in [0.25, 0.3) is 0 Å². The minimum atomic E-state index is -5.13. The van der Waals surface area contributed by atoms with E-state index in [0.29, 0.717) is 25.4 Å². The summed E-state index contributed by atoms with van der Waals surface area (Å²) in [4.78, 5) is 42.8. The van der Waals surface area contributed by atoms with Gasteiger partial charge >= 0.3 is 12.1 Å². The molecular weight excluding hydrogens is 463 g/mol. The highest BCUT2D eigenvalue weighted by molar-refractivity contribution is 5.88. The monoisotopic (exact) mass is 493 g/mol. The summed E-state index contributed by atoms with van der Waals surface area (Å²) in [6.45, 7) is 1.11. The van der Waals surface area contributed by atoms with Crippen molar-refractivity contribution in [1.82, 2.24) is 15.3 Å². The Labute approximate surface area is 202 Å². The number of amides is 2. The van der Waals surface area contributed by atoms with Gasteiger partial charge in [0.05, 0.1) is 0 Å². The molecule has 190 valence electrons. The summed E-state index contributed by atoms with van der Waals surface area (Å²) in [5.41, 5.74) is 2.22. The minimum Gasteiger partial charge on any atom is -0.360 e. The van der Waals surface area contributed by atoms with E-state index in [1.54, 1.807) is 11.0 Å². The molecule has 1 aliphatic carbocycles. The Morgan fingerprint density at radius 1 is 1.06 bits per heavy atom. The highest BCUT2D eigenvalue weighted by Crippen LogP contribution is 2.29. The van der Waals surface area contributed by atoms with Crippen LogP contribution < -0.4 is 5.32 Å². The first-order valence-electron chi connectivity index (χ1n) is 12.1. The molecule has 2 atom stereocenters. The van der Waals surface area contributed by atoms with Crippen molar-refractivity contribution < 1.29 is 32.4 Å². The van der Waals surface area contributed by atoms with Gasteiger partial charge in [-0.25, -0.2) is 4.79 Å². The molecule has 7 nitrogen and oxygen atoms in total. The van der Waals surface area contributed by atoms with Crippen molar-refractivity contribution in [2.45, 2.75) is 76.3 Å². The lowest BCUT2D eigenvalue weighted by Gasteiger charge is -2.38. The lowest BCUT2D eigenvalue weighted by molar-refractivity contribution is -0.261. The number of fused-ring (bicyclic) bond motifs is 1. The van der Waals surface area contributed by atoms with Crippen LogP contribution in [0, 0.1) is 5.92 Å². The van der Waals surface area contributed by atoms with Crippen LogP contribution in [0.4, 0.5) is 13.2 Å². The fraction of sp³-hybridized carbons (Fsp3) is 0.560. The van der Waals surface area contributed by atoms with E-state index in [4.69, 9.17) is 0 Å². The highest BCUT2D eigenvalue weighted by Gasteiger charge is 2.46. The Morgan fingerprint density at radius 2 is 1.71 bits per heavy atom. The van der Waals surface area contributed by atoms with Crippen LogP contribution in [0.2, 0.25) is 0 Å². The predicted octanol–water partition coefficient (Wildman–Crippen LogP) is 3.64. The maximum absolute atomic E-state index is 12.8. The van der Waals surface area contributed by atoms with Crippen molar-refractivity contribution in [1.29, 1.82) is 0 Å². The summed E-state index contributed by atoms with van der Waals surface area (Å²) >= 11 is 0. The molecule has 0 radical (unpaired) electrons. The molecule has 10 heteroatoms. The molecule has 1 aromatic carbocycles.